The molecule has 1 atom stereocenters. The van der Waals surface area contributed by atoms with Crippen molar-refractivity contribution in [3.8, 4) is 17.3 Å². The second kappa shape index (κ2) is 11.5. The van der Waals surface area contributed by atoms with Crippen molar-refractivity contribution in [3.05, 3.63) is 84.1 Å². The zero-order valence-electron chi connectivity index (χ0n) is 20.2. The van der Waals surface area contributed by atoms with E-state index in [2.05, 4.69) is 24.5 Å². The quantitative estimate of drug-likeness (QED) is 0.285. The lowest BCUT2D eigenvalue weighted by atomic mass is 10.2. The highest BCUT2D eigenvalue weighted by molar-refractivity contribution is 5.43. The summed E-state index contributed by atoms with van der Waals surface area (Å²) in [6, 6.07) is 18.1. The summed E-state index contributed by atoms with van der Waals surface area (Å²) in [6.45, 7) is 10.6. The van der Waals surface area contributed by atoms with Crippen LogP contribution in [-0.4, -0.2) is 52.2 Å². The second-order valence-electron chi connectivity index (χ2n) is 9.15. The second-order valence-corrected chi connectivity index (χ2v) is 9.15. The van der Waals surface area contributed by atoms with Crippen LogP contribution in [0.3, 0.4) is 0 Å². The van der Waals surface area contributed by atoms with Gasteiger partial charge in [-0.05, 0) is 62.4 Å². The zero-order valence-corrected chi connectivity index (χ0v) is 20.2. The number of aliphatic hydroxyl groups is 1. The molecular formula is C28H35N3O3. The van der Waals surface area contributed by atoms with Gasteiger partial charge >= 0.3 is 0 Å². The SMILES string of the molecule is C=CCOC[C@H](O)CN(Cc1c(C)nn(-c2ccccc2)c1Oc1cccc(C)c1)CC1CC1. The summed E-state index contributed by atoms with van der Waals surface area (Å²) in [5.74, 6) is 2.18. The fourth-order valence-electron chi connectivity index (χ4n) is 4.09. The fourth-order valence-corrected chi connectivity index (χ4v) is 4.09. The lowest BCUT2D eigenvalue weighted by Gasteiger charge is -2.25. The molecule has 6 heteroatoms. The summed E-state index contributed by atoms with van der Waals surface area (Å²) in [4.78, 5) is 2.31. The van der Waals surface area contributed by atoms with Gasteiger partial charge in [-0.2, -0.15) is 5.10 Å². The highest BCUT2D eigenvalue weighted by Crippen LogP contribution is 2.34. The highest BCUT2D eigenvalue weighted by Gasteiger charge is 2.28. The Morgan fingerprint density at radius 3 is 2.68 bits per heavy atom. The average Bonchev–Trinajstić information content (AvgIpc) is 3.59. The Morgan fingerprint density at radius 2 is 1.97 bits per heavy atom. The first kappa shape index (κ1) is 24.2. The van der Waals surface area contributed by atoms with Crippen LogP contribution < -0.4 is 4.74 Å². The number of aromatic nitrogens is 2. The Balaban J connectivity index is 1.63. The number of rotatable bonds is 13. The molecule has 1 heterocycles. The molecule has 34 heavy (non-hydrogen) atoms. The van der Waals surface area contributed by atoms with Crippen molar-refractivity contribution < 1.29 is 14.6 Å². The number of nitrogens with zero attached hydrogens (tertiary/aromatic N) is 3. The molecule has 4 rings (SSSR count). The molecule has 0 radical (unpaired) electrons. The van der Waals surface area contributed by atoms with E-state index in [9.17, 15) is 5.11 Å². The van der Waals surface area contributed by atoms with E-state index in [0.717, 1.165) is 34.8 Å². The van der Waals surface area contributed by atoms with Gasteiger partial charge in [0.1, 0.15) is 5.75 Å². The third-order valence-corrected chi connectivity index (χ3v) is 5.95. The molecule has 2 aromatic carbocycles. The predicted octanol–water partition coefficient (Wildman–Crippen LogP) is 5.06. The van der Waals surface area contributed by atoms with Gasteiger partial charge in [-0.15, -0.1) is 6.58 Å². The number of aliphatic hydroxyl groups excluding tert-OH is 1. The van der Waals surface area contributed by atoms with Crippen LogP contribution in [0, 0.1) is 19.8 Å². The van der Waals surface area contributed by atoms with Crippen molar-refractivity contribution in [3.63, 3.8) is 0 Å². The topological polar surface area (TPSA) is 59.8 Å². The van der Waals surface area contributed by atoms with Gasteiger partial charge in [0.2, 0.25) is 5.88 Å². The molecule has 1 aliphatic rings. The minimum Gasteiger partial charge on any atom is -0.439 e. The van der Waals surface area contributed by atoms with Gasteiger partial charge in [-0.3, -0.25) is 4.90 Å². The molecule has 3 aromatic rings. The monoisotopic (exact) mass is 461 g/mol. The van der Waals surface area contributed by atoms with E-state index in [4.69, 9.17) is 14.6 Å². The number of benzene rings is 2. The van der Waals surface area contributed by atoms with Crippen LogP contribution in [0.2, 0.25) is 0 Å². The minimum atomic E-state index is -0.565. The summed E-state index contributed by atoms with van der Waals surface area (Å²) in [5, 5.41) is 15.4. The number of ether oxygens (including phenoxy) is 2. The van der Waals surface area contributed by atoms with E-state index in [1.54, 1.807) is 6.08 Å². The van der Waals surface area contributed by atoms with Gasteiger partial charge in [0, 0.05) is 19.6 Å². The van der Waals surface area contributed by atoms with E-state index in [1.165, 1.54) is 12.8 Å². The van der Waals surface area contributed by atoms with Crippen LogP contribution in [0.25, 0.3) is 5.69 Å². The van der Waals surface area contributed by atoms with Crippen molar-refractivity contribution in [1.82, 2.24) is 14.7 Å². The molecule has 0 amide bonds. The summed E-state index contributed by atoms with van der Waals surface area (Å²) in [5.41, 5.74) is 4.04. The third kappa shape index (κ3) is 6.56. The molecule has 180 valence electrons. The molecule has 1 aromatic heterocycles. The predicted molar refractivity (Wildman–Crippen MR) is 135 cm³/mol. The first-order valence-electron chi connectivity index (χ1n) is 12.0. The summed E-state index contributed by atoms with van der Waals surface area (Å²) < 4.78 is 13.8. The standard InChI is InChI=1S/C28H35N3O3/c1-4-15-33-20-25(32)18-30(17-23-13-14-23)19-27-22(3)29-31(24-10-6-5-7-11-24)28(27)34-26-12-8-9-21(2)16-26/h4-12,16,23,25,32H,1,13-15,17-20H2,2-3H3/t25-/m1/s1. The highest BCUT2D eigenvalue weighted by atomic mass is 16.5. The third-order valence-electron chi connectivity index (χ3n) is 5.95. The van der Waals surface area contributed by atoms with Crippen LogP contribution >= 0.6 is 0 Å². The molecule has 1 aliphatic carbocycles. The minimum absolute atomic E-state index is 0.294. The van der Waals surface area contributed by atoms with E-state index in [0.29, 0.717) is 38.1 Å². The molecule has 0 spiro atoms. The Morgan fingerprint density at radius 1 is 1.18 bits per heavy atom. The lowest BCUT2D eigenvalue weighted by molar-refractivity contribution is 0.0235. The maximum Gasteiger partial charge on any atom is 0.227 e. The Labute approximate surface area is 202 Å². The van der Waals surface area contributed by atoms with Crippen LogP contribution in [0.4, 0.5) is 0 Å². The molecule has 0 aliphatic heterocycles. The van der Waals surface area contributed by atoms with Crippen molar-refractivity contribution in [2.24, 2.45) is 5.92 Å². The van der Waals surface area contributed by atoms with Gasteiger partial charge in [0.25, 0.3) is 0 Å². The number of hydrogen-bond donors (Lipinski definition) is 1. The van der Waals surface area contributed by atoms with Gasteiger partial charge in [-0.1, -0.05) is 36.4 Å². The molecule has 1 saturated carbocycles. The molecule has 6 nitrogen and oxygen atoms in total. The van der Waals surface area contributed by atoms with Crippen molar-refractivity contribution >= 4 is 0 Å². The first-order chi connectivity index (χ1) is 16.5. The summed E-state index contributed by atoms with van der Waals surface area (Å²) in [6.07, 6.45) is 3.62. The van der Waals surface area contributed by atoms with Gasteiger partial charge in [0.05, 0.1) is 36.3 Å². The van der Waals surface area contributed by atoms with Crippen LogP contribution in [-0.2, 0) is 11.3 Å². The normalized spacial score (nSPS) is 14.4. The molecule has 0 bridgehead atoms. The molecule has 0 saturated heterocycles. The average molecular weight is 462 g/mol. The Kier molecular flexibility index (Phi) is 8.16. The number of aryl methyl sites for hydroxylation is 2. The van der Waals surface area contributed by atoms with Crippen molar-refractivity contribution in [1.29, 1.82) is 0 Å². The largest absolute Gasteiger partial charge is 0.439 e. The van der Waals surface area contributed by atoms with Crippen LogP contribution in [0.5, 0.6) is 11.6 Å². The van der Waals surface area contributed by atoms with E-state index in [-0.39, 0.29) is 0 Å². The summed E-state index contributed by atoms with van der Waals surface area (Å²) in [7, 11) is 0. The Bertz CT molecular complexity index is 1080. The van der Waals surface area contributed by atoms with Crippen molar-refractivity contribution in [2.45, 2.75) is 39.3 Å². The molecule has 1 N–H and O–H groups in total. The van der Waals surface area contributed by atoms with Crippen molar-refractivity contribution in [2.75, 3.05) is 26.3 Å². The molecular weight excluding hydrogens is 426 g/mol. The van der Waals surface area contributed by atoms with Gasteiger partial charge < -0.3 is 14.6 Å². The molecule has 1 fully saturated rings. The maximum atomic E-state index is 10.6. The van der Waals surface area contributed by atoms with Gasteiger partial charge in [-0.25, -0.2) is 4.68 Å². The van der Waals surface area contributed by atoms with Crippen LogP contribution in [0.1, 0.15) is 29.7 Å². The van der Waals surface area contributed by atoms with Crippen LogP contribution in [0.15, 0.2) is 67.3 Å². The maximum absolute atomic E-state index is 10.6. The smallest absolute Gasteiger partial charge is 0.227 e. The number of para-hydroxylation sites is 1. The fraction of sp³-hybridized carbons (Fsp3) is 0.393. The number of hydrogen-bond acceptors (Lipinski definition) is 5. The van der Waals surface area contributed by atoms with E-state index >= 15 is 0 Å². The zero-order chi connectivity index (χ0) is 23.9. The van der Waals surface area contributed by atoms with E-state index in [1.807, 2.05) is 60.1 Å². The van der Waals surface area contributed by atoms with Gasteiger partial charge in [0.15, 0.2) is 0 Å². The summed E-state index contributed by atoms with van der Waals surface area (Å²) >= 11 is 0. The molecule has 0 unspecified atom stereocenters. The lowest BCUT2D eigenvalue weighted by Crippen LogP contribution is -2.36. The van der Waals surface area contributed by atoms with E-state index < -0.39 is 6.10 Å². The Hall–Kier alpha value is -2.93. The first-order valence-corrected chi connectivity index (χ1v) is 12.0.